The molecule has 1 saturated heterocycles. The molecule has 1 heterocycles. The zero-order valence-corrected chi connectivity index (χ0v) is 36.0. The van der Waals surface area contributed by atoms with Gasteiger partial charge >= 0.3 is 0 Å². The van der Waals surface area contributed by atoms with Crippen LogP contribution in [0.25, 0.3) is 0 Å². The summed E-state index contributed by atoms with van der Waals surface area (Å²) in [5.74, 6) is -1.23. The van der Waals surface area contributed by atoms with Crippen LogP contribution in [0.2, 0.25) is 0 Å². The Kier molecular flexibility index (Phi) is 29.8. The summed E-state index contributed by atoms with van der Waals surface area (Å²) < 4.78 is 11.6. The molecule has 352 valence electrons. The molecule has 1 fully saturated rings. The predicted molar refractivity (Wildman–Crippen MR) is 230 cm³/mol. The van der Waals surface area contributed by atoms with E-state index in [2.05, 4.69) is 0 Å². The summed E-state index contributed by atoms with van der Waals surface area (Å²) >= 11 is 0. The summed E-state index contributed by atoms with van der Waals surface area (Å²) in [6, 6.07) is 0. The first kappa shape index (κ1) is 56.5. The number of aliphatic hydroxyl groups excluding tert-OH is 12. The van der Waals surface area contributed by atoms with Gasteiger partial charge < -0.3 is 76.5 Å². The summed E-state index contributed by atoms with van der Waals surface area (Å²) in [6.45, 7) is 5.46. The fraction of sp³-hybridized carbons (Fsp3) is 0.711. The SMILES string of the molecule is CC=CC=CC=CC=CCC(OC1OC(C)C(O)C(O)C1O)C(C)C(=O)C[C@@H](O)CC(O)CC(O)C=CCC(O)CC(O)CC(O)CC(O)C=CCC(O)CC(O)CCCN. The molecule has 61 heavy (non-hydrogen) atoms. The molecule has 1 aliphatic rings. The summed E-state index contributed by atoms with van der Waals surface area (Å²) in [5, 5.41) is 124. The lowest BCUT2D eigenvalue weighted by Gasteiger charge is -2.41. The molecular weight excluding hydrogens is 794 g/mol. The minimum Gasteiger partial charge on any atom is -0.393 e. The van der Waals surface area contributed by atoms with Crippen LogP contribution in [-0.2, 0) is 14.3 Å². The minimum absolute atomic E-state index is 0.0492. The van der Waals surface area contributed by atoms with Gasteiger partial charge in [-0.3, -0.25) is 4.79 Å². The van der Waals surface area contributed by atoms with Crippen LogP contribution in [0.3, 0.4) is 0 Å². The zero-order valence-electron chi connectivity index (χ0n) is 36.0. The number of nitrogens with two attached hydrogens (primary N) is 1. The second-order valence-electron chi connectivity index (χ2n) is 16.2. The van der Waals surface area contributed by atoms with Crippen molar-refractivity contribution >= 4 is 5.78 Å². The molecule has 0 aromatic rings. The number of ether oxygens (including phenoxy) is 2. The molecule has 1 rings (SSSR count). The highest BCUT2D eigenvalue weighted by molar-refractivity contribution is 5.81. The van der Waals surface area contributed by atoms with Crippen molar-refractivity contribution in [1.82, 2.24) is 0 Å². The largest absolute Gasteiger partial charge is 0.393 e. The van der Waals surface area contributed by atoms with E-state index in [-0.39, 0.29) is 64.2 Å². The van der Waals surface area contributed by atoms with Crippen molar-refractivity contribution in [1.29, 1.82) is 0 Å². The second kappa shape index (κ2) is 32.2. The van der Waals surface area contributed by atoms with Crippen molar-refractivity contribution in [2.45, 2.75) is 190 Å². The molecule has 0 amide bonds. The summed E-state index contributed by atoms with van der Waals surface area (Å²) in [5.41, 5.74) is 5.42. The minimum atomic E-state index is -1.58. The van der Waals surface area contributed by atoms with E-state index in [9.17, 15) is 66.1 Å². The smallest absolute Gasteiger partial charge is 0.186 e. The van der Waals surface area contributed by atoms with E-state index in [4.69, 9.17) is 15.2 Å². The van der Waals surface area contributed by atoms with Gasteiger partial charge in [0.25, 0.3) is 0 Å². The number of carbonyl (C=O) groups excluding carboxylic acids is 1. The van der Waals surface area contributed by atoms with Crippen LogP contribution in [0.5, 0.6) is 0 Å². The Morgan fingerprint density at radius 2 is 1.11 bits per heavy atom. The molecule has 0 aliphatic carbocycles. The zero-order chi connectivity index (χ0) is 45.9. The highest BCUT2D eigenvalue weighted by Crippen LogP contribution is 2.27. The number of hydrogen-bond acceptors (Lipinski definition) is 16. The van der Waals surface area contributed by atoms with E-state index in [1.54, 1.807) is 31.2 Å². The van der Waals surface area contributed by atoms with Crippen LogP contribution >= 0.6 is 0 Å². The molecule has 0 saturated carbocycles. The van der Waals surface area contributed by atoms with Gasteiger partial charge in [0.15, 0.2) is 6.29 Å². The molecule has 1 aliphatic heterocycles. The highest BCUT2D eigenvalue weighted by atomic mass is 16.7. The molecule has 0 aromatic carbocycles. The van der Waals surface area contributed by atoms with Crippen molar-refractivity contribution in [3.05, 3.63) is 72.9 Å². The van der Waals surface area contributed by atoms with Gasteiger partial charge in [-0.05, 0) is 78.2 Å². The molecule has 0 radical (unpaired) electrons. The molecule has 0 bridgehead atoms. The number of hydrogen-bond donors (Lipinski definition) is 13. The number of Topliss-reactive ketones (excluding diaryl/α,β-unsaturated/α-hetero) is 1. The number of aliphatic hydroxyl groups is 12. The van der Waals surface area contributed by atoms with E-state index in [1.807, 2.05) is 37.3 Å². The van der Waals surface area contributed by atoms with Gasteiger partial charge in [0, 0.05) is 25.2 Å². The van der Waals surface area contributed by atoms with Gasteiger partial charge in [-0.25, -0.2) is 0 Å². The fourth-order valence-electron chi connectivity index (χ4n) is 6.75. The van der Waals surface area contributed by atoms with Crippen LogP contribution in [0, 0.1) is 5.92 Å². The molecule has 0 aromatic heterocycles. The van der Waals surface area contributed by atoms with Crippen LogP contribution in [0.4, 0.5) is 0 Å². The lowest BCUT2D eigenvalue weighted by molar-refractivity contribution is -0.306. The first-order chi connectivity index (χ1) is 28.9. The summed E-state index contributed by atoms with van der Waals surface area (Å²) in [6.07, 6.45) is 4.35. The molecule has 0 spiro atoms. The third-order valence-electron chi connectivity index (χ3n) is 10.4. The second-order valence-corrected chi connectivity index (χ2v) is 16.2. The van der Waals surface area contributed by atoms with Crippen molar-refractivity contribution in [2.24, 2.45) is 11.7 Å². The van der Waals surface area contributed by atoms with E-state index >= 15 is 0 Å². The van der Waals surface area contributed by atoms with Crippen molar-refractivity contribution in [3.8, 4) is 0 Å². The maximum atomic E-state index is 13.3. The Labute approximate surface area is 361 Å². The van der Waals surface area contributed by atoms with Gasteiger partial charge in [-0.1, -0.05) is 79.8 Å². The van der Waals surface area contributed by atoms with Gasteiger partial charge in [-0.15, -0.1) is 0 Å². The first-order valence-electron chi connectivity index (χ1n) is 21.5. The number of allylic oxidation sites excluding steroid dienone is 7. The van der Waals surface area contributed by atoms with Crippen molar-refractivity contribution in [2.75, 3.05) is 6.54 Å². The van der Waals surface area contributed by atoms with E-state index in [1.165, 1.54) is 25.2 Å². The molecular formula is C45H77NO15. The third-order valence-corrected chi connectivity index (χ3v) is 10.4. The average molecular weight is 872 g/mol. The van der Waals surface area contributed by atoms with Crippen molar-refractivity contribution < 1.29 is 75.5 Å². The predicted octanol–water partition coefficient (Wildman–Crippen LogP) is 0.649. The number of carbonyl (C=O) groups is 1. The van der Waals surface area contributed by atoms with Crippen LogP contribution in [0.15, 0.2) is 72.9 Å². The van der Waals surface area contributed by atoms with E-state index < -0.39 is 103 Å². The van der Waals surface area contributed by atoms with Gasteiger partial charge in [0.05, 0.1) is 67.1 Å². The van der Waals surface area contributed by atoms with E-state index in [0.29, 0.717) is 19.4 Å². The topological polar surface area (TPSA) is 304 Å². The van der Waals surface area contributed by atoms with Gasteiger partial charge in [0.2, 0.25) is 0 Å². The standard InChI is InChI=1S/C45H77NO15/c1-4-5-6-7-8-9-10-11-20-41(61-45-44(59)43(58)42(57)30(3)60-45)29(2)40(56)28-39(55)27-38(54)25-34(50)18-13-17-33(49)24-37(53)26-36(52)23-32(48)16-12-15-31(47)22-35(51)19-14-21-46/h4-13,16,18,29-39,41-45,47-55,57-59H,14-15,17,19-28,46H2,1-3H3/t29?,30?,31?,32?,33?,34?,35?,36?,37?,38?,39-,41?,42?,43?,44?,45?/m0/s1. The molecule has 16 heteroatoms. The Bertz CT molecular complexity index is 1340. The maximum absolute atomic E-state index is 13.3. The lowest BCUT2D eigenvalue weighted by atomic mass is 9.91. The van der Waals surface area contributed by atoms with Crippen molar-refractivity contribution in [3.63, 3.8) is 0 Å². The van der Waals surface area contributed by atoms with Crippen LogP contribution in [0.1, 0.15) is 97.8 Å². The monoisotopic (exact) mass is 872 g/mol. The molecule has 15 unspecified atom stereocenters. The van der Waals surface area contributed by atoms with E-state index in [0.717, 1.165) is 0 Å². The number of ketones is 1. The first-order valence-corrected chi connectivity index (χ1v) is 21.5. The Morgan fingerprint density at radius 3 is 1.67 bits per heavy atom. The quantitative estimate of drug-likeness (QED) is 0.0326. The molecule has 16 atom stereocenters. The van der Waals surface area contributed by atoms with Gasteiger partial charge in [0.1, 0.15) is 24.1 Å². The highest BCUT2D eigenvalue weighted by Gasteiger charge is 2.44. The average Bonchev–Trinajstić information content (AvgIpc) is 3.17. The molecule has 16 nitrogen and oxygen atoms in total. The summed E-state index contributed by atoms with van der Waals surface area (Å²) in [7, 11) is 0. The van der Waals surface area contributed by atoms with Crippen LogP contribution < -0.4 is 5.73 Å². The number of rotatable bonds is 32. The Morgan fingerprint density at radius 1 is 0.623 bits per heavy atom. The Hall–Kier alpha value is -2.49. The summed E-state index contributed by atoms with van der Waals surface area (Å²) in [4.78, 5) is 13.3. The fourth-order valence-corrected chi connectivity index (χ4v) is 6.75. The third kappa shape index (κ3) is 25.4. The van der Waals surface area contributed by atoms with Gasteiger partial charge in [-0.2, -0.15) is 0 Å². The Balaban J connectivity index is 2.58. The lowest BCUT2D eigenvalue weighted by Crippen LogP contribution is -2.58. The van der Waals surface area contributed by atoms with Crippen LogP contribution in [-0.4, -0.2) is 165 Å². The molecule has 14 N–H and O–H groups in total. The maximum Gasteiger partial charge on any atom is 0.186 e. The normalized spacial score (nSPS) is 26.0.